The molecule has 2 aromatic rings. The Morgan fingerprint density at radius 2 is 1.64 bits per heavy atom. The third-order valence-corrected chi connectivity index (χ3v) is 4.47. The summed E-state index contributed by atoms with van der Waals surface area (Å²) in [7, 11) is 0. The molecule has 0 unspecified atom stereocenters. The second-order valence-electron chi connectivity index (χ2n) is 5.63. The van der Waals surface area contributed by atoms with Gasteiger partial charge in [0.05, 0.1) is 5.92 Å². The Morgan fingerprint density at radius 3 is 2.41 bits per heavy atom. The van der Waals surface area contributed by atoms with Crippen molar-refractivity contribution in [3.05, 3.63) is 77.9 Å². The van der Waals surface area contributed by atoms with Crippen molar-refractivity contribution in [1.82, 2.24) is 5.32 Å². The van der Waals surface area contributed by atoms with Crippen LogP contribution in [-0.2, 0) is 15.1 Å². The zero-order valence-corrected chi connectivity index (χ0v) is 11.8. The largest absolute Gasteiger partial charge is 0.333 e. The van der Waals surface area contributed by atoms with E-state index in [1.165, 1.54) is 0 Å². The van der Waals surface area contributed by atoms with E-state index in [-0.39, 0.29) is 11.8 Å². The lowest BCUT2D eigenvalue weighted by Crippen LogP contribution is -2.48. The van der Waals surface area contributed by atoms with Crippen molar-refractivity contribution in [1.29, 1.82) is 0 Å². The minimum atomic E-state index is -1.11. The van der Waals surface area contributed by atoms with Crippen molar-refractivity contribution in [3.63, 3.8) is 0 Å². The molecule has 2 heterocycles. The number of fused-ring (bicyclic) bond motifs is 2. The predicted octanol–water partition coefficient (Wildman–Crippen LogP) is 2.30. The van der Waals surface area contributed by atoms with Gasteiger partial charge in [-0.15, -0.1) is 0 Å². The molecule has 2 amide bonds. The molecule has 22 heavy (non-hydrogen) atoms. The van der Waals surface area contributed by atoms with Crippen LogP contribution in [-0.4, -0.2) is 11.8 Å². The van der Waals surface area contributed by atoms with Gasteiger partial charge in [0.2, 0.25) is 5.91 Å². The Labute approximate surface area is 127 Å². The monoisotopic (exact) mass is 290 g/mol. The lowest BCUT2D eigenvalue weighted by atomic mass is 9.75. The summed E-state index contributed by atoms with van der Waals surface area (Å²) < 4.78 is 0. The highest BCUT2D eigenvalue weighted by Gasteiger charge is 2.59. The van der Waals surface area contributed by atoms with Crippen LogP contribution in [0.4, 0.5) is 5.69 Å². The van der Waals surface area contributed by atoms with Crippen LogP contribution in [0.5, 0.6) is 0 Å². The van der Waals surface area contributed by atoms with Gasteiger partial charge in [-0.2, -0.15) is 0 Å². The summed E-state index contributed by atoms with van der Waals surface area (Å²) in [6, 6.07) is 17.0. The Balaban J connectivity index is 1.98. The van der Waals surface area contributed by atoms with Crippen LogP contribution in [0.25, 0.3) is 0 Å². The number of hydrogen-bond acceptors (Lipinski definition) is 2. The third-order valence-electron chi connectivity index (χ3n) is 4.47. The Hall–Kier alpha value is -2.88. The fraction of sp³-hybridized carbons (Fsp3) is 0.111. The number of anilines is 1. The van der Waals surface area contributed by atoms with E-state index in [2.05, 4.69) is 17.2 Å². The highest BCUT2D eigenvalue weighted by atomic mass is 16.2. The SMILES string of the molecule is C=C1C(=O)N[C@@]2(C(=O)Nc3ccccc32)[C@H]1c1ccccc1. The molecule has 1 fully saturated rings. The predicted molar refractivity (Wildman–Crippen MR) is 83.2 cm³/mol. The fourth-order valence-electron chi connectivity index (χ4n) is 3.51. The normalized spacial score (nSPS) is 26.0. The quantitative estimate of drug-likeness (QED) is 0.792. The van der Waals surface area contributed by atoms with Gasteiger partial charge in [0.25, 0.3) is 5.91 Å². The van der Waals surface area contributed by atoms with E-state index in [0.29, 0.717) is 5.57 Å². The van der Waals surface area contributed by atoms with E-state index in [4.69, 9.17) is 0 Å². The first-order valence-electron chi connectivity index (χ1n) is 7.12. The van der Waals surface area contributed by atoms with Gasteiger partial charge in [-0.1, -0.05) is 55.1 Å². The molecule has 2 atom stereocenters. The third kappa shape index (κ3) is 1.46. The molecule has 4 rings (SSSR count). The maximum Gasteiger partial charge on any atom is 0.255 e. The summed E-state index contributed by atoms with van der Waals surface area (Å²) in [4.78, 5) is 25.0. The average molecular weight is 290 g/mol. The summed E-state index contributed by atoms with van der Waals surface area (Å²) in [5, 5.41) is 5.76. The van der Waals surface area contributed by atoms with Crippen LogP contribution in [0.1, 0.15) is 17.0 Å². The number of carbonyl (C=O) groups is 2. The number of carbonyl (C=O) groups excluding carboxylic acids is 2. The van der Waals surface area contributed by atoms with Crippen LogP contribution in [0.15, 0.2) is 66.7 Å². The highest BCUT2D eigenvalue weighted by Crippen LogP contribution is 2.51. The topological polar surface area (TPSA) is 58.2 Å². The van der Waals surface area contributed by atoms with Crippen LogP contribution < -0.4 is 10.6 Å². The number of benzene rings is 2. The van der Waals surface area contributed by atoms with E-state index in [1.807, 2.05) is 54.6 Å². The smallest absolute Gasteiger partial charge is 0.255 e. The lowest BCUT2D eigenvalue weighted by molar-refractivity contribution is -0.125. The standard InChI is InChI=1S/C18H14N2O2/c1-11-15(12-7-3-2-4-8-12)18(20-16(11)21)13-9-5-6-10-14(13)19-17(18)22/h2-10,15H,1H2,(H,19,22)(H,20,21)/t15-,18-/m1/s1. The number of para-hydroxylation sites is 1. The van der Waals surface area contributed by atoms with Crippen LogP contribution in [0.2, 0.25) is 0 Å². The average Bonchev–Trinajstić information content (AvgIpc) is 2.96. The van der Waals surface area contributed by atoms with Crippen molar-refractivity contribution < 1.29 is 9.59 Å². The maximum absolute atomic E-state index is 12.8. The number of nitrogens with one attached hydrogen (secondary N) is 2. The van der Waals surface area contributed by atoms with Crippen LogP contribution in [0, 0.1) is 0 Å². The first kappa shape index (κ1) is 12.8. The van der Waals surface area contributed by atoms with E-state index in [1.54, 1.807) is 0 Å². The van der Waals surface area contributed by atoms with Crippen molar-refractivity contribution in [3.8, 4) is 0 Å². The van der Waals surface area contributed by atoms with Crippen molar-refractivity contribution in [2.75, 3.05) is 5.32 Å². The molecule has 4 nitrogen and oxygen atoms in total. The first-order valence-corrected chi connectivity index (χ1v) is 7.12. The molecule has 108 valence electrons. The maximum atomic E-state index is 12.8. The summed E-state index contributed by atoms with van der Waals surface area (Å²) in [5.74, 6) is -0.903. The molecule has 0 bridgehead atoms. The molecule has 2 aromatic carbocycles. The highest BCUT2D eigenvalue weighted by molar-refractivity contribution is 6.14. The minimum absolute atomic E-state index is 0.213. The summed E-state index contributed by atoms with van der Waals surface area (Å²) in [5.41, 5.74) is 1.74. The van der Waals surface area contributed by atoms with E-state index >= 15 is 0 Å². The molecule has 1 spiro atoms. The zero-order chi connectivity index (χ0) is 15.3. The number of rotatable bonds is 1. The fourth-order valence-corrected chi connectivity index (χ4v) is 3.51. The van der Waals surface area contributed by atoms with Gasteiger partial charge in [-0.05, 0) is 11.6 Å². The lowest BCUT2D eigenvalue weighted by Gasteiger charge is -2.29. The Morgan fingerprint density at radius 1 is 0.955 bits per heavy atom. The van der Waals surface area contributed by atoms with Gasteiger partial charge in [0.1, 0.15) is 0 Å². The summed E-state index contributed by atoms with van der Waals surface area (Å²) >= 11 is 0. The molecular weight excluding hydrogens is 276 g/mol. The Kier molecular flexibility index (Phi) is 2.51. The molecule has 2 aliphatic rings. The summed E-state index contributed by atoms with van der Waals surface area (Å²) in [6.45, 7) is 3.93. The molecule has 0 aromatic heterocycles. The van der Waals surface area contributed by atoms with E-state index < -0.39 is 11.5 Å². The van der Waals surface area contributed by atoms with Gasteiger partial charge >= 0.3 is 0 Å². The molecule has 4 heteroatoms. The molecule has 2 N–H and O–H groups in total. The first-order chi connectivity index (χ1) is 10.6. The van der Waals surface area contributed by atoms with Crippen molar-refractivity contribution in [2.24, 2.45) is 0 Å². The molecule has 1 saturated heterocycles. The molecular formula is C18H14N2O2. The minimum Gasteiger partial charge on any atom is -0.333 e. The molecule has 0 aliphatic carbocycles. The number of amides is 2. The van der Waals surface area contributed by atoms with Gasteiger partial charge in [0, 0.05) is 16.8 Å². The Bertz CT molecular complexity index is 813. The van der Waals surface area contributed by atoms with Crippen molar-refractivity contribution >= 4 is 17.5 Å². The van der Waals surface area contributed by atoms with Gasteiger partial charge in [0.15, 0.2) is 5.54 Å². The molecule has 0 radical (unpaired) electrons. The summed E-state index contributed by atoms with van der Waals surface area (Å²) in [6.07, 6.45) is 0. The zero-order valence-electron chi connectivity index (χ0n) is 11.8. The van der Waals surface area contributed by atoms with Crippen LogP contribution >= 0.6 is 0 Å². The van der Waals surface area contributed by atoms with Gasteiger partial charge in [-0.25, -0.2) is 0 Å². The van der Waals surface area contributed by atoms with Gasteiger partial charge in [-0.3, -0.25) is 9.59 Å². The number of hydrogen-bond donors (Lipinski definition) is 2. The van der Waals surface area contributed by atoms with E-state index in [0.717, 1.165) is 16.8 Å². The second-order valence-corrected chi connectivity index (χ2v) is 5.63. The van der Waals surface area contributed by atoms with Crippen molar-refractivity contribution in [2.45, 2.75) is 11.5 Å². The molecule has 0 saturated carbocycles. The van der Waals surface area contributed by atoms with E-state index in [9.17, 15) is 9.59 Å². The second kappa shape index (κ2) is 4.31. The van der Waals surface area contributed by atoms with Gasteiger partial charge < -0.3 is 10.6 Å². The van der Waals surface area contributed by atoms with Crippen LogP contribution in [0.3, 0.4) is 0 Å². The molecule has 2 aliphatic heterocycles.